The summed E-state index contributed by atoms with van der Waals surface area (Å²) in [6.45, 7) is 9.38. The molecule has 1 aliphatic heterocycles. The zero-order valence-corrected chi connectivity index (χ0v) is 20.4. The lowest BCUT2D eigenvalue weighted by Gasteiger charge is -2.34. The molecule has 4 N–H and O–H groups in total. The predicted octanol–water partition coefficient (Wildman–Crippen LogP) is 1.69. The highest BCUT2D eigenvalue weighted by Gasteiger charge is 2.39. The van der Waals surface area contributed by atoms with Gasteiger partial charge in [-0.05, 0) is 44.6 Å². The minimum Gasteiger partial charge on any atom is -0.354 e. The Morgan fingerprint density at radius 3 is 2.27 bits per heavy atom. The summed E-state index contributed by atoms with van der Waals surface area (Å²) in [7, 11) is 0. The molecule has 1 heterocycles. The molecule has 4 atom stereocenters. The van der Waals surface area contributed by atoms with E-state index in [4.69, 9.17) is 0 Å². The standard InChI is InChI=1S/C25H38N4O4/c1-16(2)15-25(5)24(33)28-20(14-19-11-7-6-8-12-19)23(32)26-13-9-10-17(3)21(30)27-18(4)22(31)29-25/h6-8,11-12,16-18,20H,9-10,13-15H2,1-5H3,(H,26,32)(H,27,30)(H,28,33)(H,29,31)/t17-,18-,20-,25-/m0/s1. The third kappa shape index (κ3) is 7.87. The van der Waals surface area contributed by atoms with Crippen LogP contribution in [0.5, 0.6) is 0 Å². The van der Waals surface area contributed by atoms with Crippen molar-refractivity contribution in [2.75, 3.05) is 6.54 Å². The van der Waals surface area contributed by atoms with Gasteiger partial charge in [0.15, 0.2) is 0 Å². The van der Waals surface area contributed by atoms with Crippen LogP contribution in [0.2, 0.25) is 0 Å². The summed E-state index contributed by atoms with van der Waals surface area (Å²) in [6, 6.07) is 7.91. The Kier molecular flexibility index (Phi) is 9.44. The first kappa shape index (κ1) is 26.4. The maximum atomic E-state index is 13.4. The molecule has 0 aliphatic carbocycles. The summed E-state index contributed by atoms with van der Waals surface area (Å²) in [5.74, 6) is -1.57. The van der Waals surface area contributed by atoms with Crippen LogP contribution in [0.3, 0.4) is 0 Å². The molecule has 0 saturated carbocycles. The highest BCUT2D eigenvalue weighted by atomic mass is 16.2. The van der Waals surface area contributed by atoms with Gasteiger partial charge in [-0.25, -0.2) is 0 Å². The molecule has 0 aromatic heterocycles. The second kappa shape index (κ2) is 11.8. The zero-order chi connectivity index (χ0) is 24.6. The molecule has 1 fully saturated rings. The van der Waals surface area contributed by atoms with Crippen LogP contribution in [0.1, 0.15) is 59.4 Å². The molecular formula is C25H38N4O4. The Balaban J connectivity index is 2.35. The highest BCUT2D eigenvalue weighted by Crippen LogP contribution is 2.18. The number of amides is 4. The topological polar surface area (TPSA) is 116 Å². The fraction of sp³-hybridized carbons (Fsp3) is 0.600. The minimum absolute atomic E-state index is 0.106. The normalized spacial score (nSPS) is 28.1. The molecule has 0 spiro atoms. The van der Waals surface area contributed by atoms with Crippen molar-refractivity contribution in [3.05, 3.63) is 35.9 Å². The first-order chi connectivity index (χ1) is 15.5. The average molecular weight is 459 g/mol. The lowest BCUT2D eigenvalue weighted by atomic mass is 9.88. The SMILES string of the molecule is CC(C)C[C@]1(C)NC(=O)[C@H](C)NC(=O)[C@@H](C)CCCNC(=O)[C@H](Cc2ccccc2)NC1=O. The van der Waals surface area contributed by atoms with Gasteiger partial charge < -0.3 is 21.3 Å². The monoisotopic (exact) mass is 458 g/mol. The van der Waals surface area contributed by atoms with Crippen molar-refractivity contribution in [2.45, 2.75) is 77.9 Å². The van der Waals surface area contributed by atoms with Crippen LogP contribution in [0.4, 0.5) is 0 Å². The van der Waals surface area contributed by atoms with Gasteiger partial charge in [-0.3, -0.25) is 19.2 Å². The fourth-order valence-electron chi connectivity index (χ4n) is 4.07. The summed E-state index contributed by atoms with van der Waals surface area (Å²) in [5.41, 5.74) is -0.326. The summed E-state index contributed by atoms with van der Waals surface area (Å²) >= 11 is 0. The van der Waals surface area contributed by atoms with E-state index in [-0.39, 0.29) is 23.7 Å². The number of nitrogens with one attached hydrogen (secondary N) is 4. The van der Waals surface area contributed by atoms with E-state index in [0.29, 0.717) is 32.2 Å². The van der Waals surface area contributed by atoms with Gasteiger partial charge in [-0.2, -0.15) is 0 Å². The molecule has 1 aliphatic rings. The number of carbonyl (C=O) groups excluding carboxylic acids is 4. The fourth-order valence-corrected chi connectivity index (χ4v) is 4.07. The first-order valence-electron chi connectivity index (χ1n) is 11.8. The van der Waals surface area contributed by atoms with Crippen LogP contribution < -0.4 is 21.3 Å². The van der Waals surface area contributed by atoms with Crippen LogP contribution in [-0.4, -0.2) is 47.8 Å². The number of carbonyl (C=O) groups is 4. The summed E-state index contributed by atoms with van der Waals surface area (Å²) < 4.78 is 0. The molecule has 0 bridgehead atoms. The Morgan fingerprint density at radius 1 is 0.970 bits per heavy atom. The molecule has 0 unspecified atom stereocenters. The number of hydrogen-bond donors (Lipinski definition) is 4. The molecule has 2 rings (SSSR count). The van der Waals surface area contributed by atoms with Gasteiger partial charge in [0.05, 0.1) is 0 Å². The van der Waals surface area contributed by atoms with Crippen LogP contribution >= 0.6 is 0 Å². The van der Waals surface area contributed by atoms with Gasteiger partial charge in [0.2, 0.25) is 23.6 Å². The van der Waals surface area contributed by atoms with Crippen LogP contribution in [0.15, 0.2) is 30.3 Å². The summed E-state index contributed by atoms with van der Waals surface area (Å²) in [4.78, 5) is 51.8. The largest absolute Gasteiger partial charge is 0.354 e. The van der Waals surface area contributed by atoms with Gasteiger partial charge in [0.25, 0.3) is 0 Å². The van der Waals surface area contributed by atoms with E-state index in [0.717, 1.165) is 5.56 Å². The van der Waals surface area contributed by atoms with Crippen molar-refractivity contribution in [3.8, 4) is 0 Å². The van der Waals surface area contributed by atoms with Crippen molar-refractivity contribution < 1.29 is 19.2 Å². The van der Waals surface area contributed by atoms with Gasteiger partial charge in [-0.1, -0.05) is 51.1 Å². The Morgan fingerprint density at radius 2 is 1.64 bits per heavy atom. The Labute approximate surface area is 196 Å². The van der Waals surface area contributed by atoms with Gasteiger partial charge in [0, 0.05) is 18.9 Å². The average Bonchev–Trinajstić information content (AvgIpc) is 2.75. The maximum absolute atomic E-state index is 13.4. The van der Waals surface area contributed by atoms with E-state index in [2.05, 4.69) is 21.3 Å². The molecule has 4 amide bonds. The minimum atomic E-state index is -1.24. The Bertz CT molecular complexity index is 842. The van der Waals surface area contributed by atoms with Crippen LogP contribution in [-0.2, 0) is 25.6 Å². The summed E-state index contributed by atoms with van der Waals surface area (Å²) in [5, 5.41) is 11.3. The van der Waals surface area contributed by atoms with E-state index in [1.165, 1.54) is 0 Å². The third-order valence-corrected chi connectivity index (χ3v) is 5.93. The molecule has 0 radical (unpaired) electrons. The smallest absolute Gasteiger partial charge is 0.246 e. The molecule has 8 heteroatoms. The molecule has 182 valence electrons. The van der Waals surface area contributed by atoms with E-state index in [1.54, 1.807) is 20.8 Å². The second-order valence-corrected chi connectivity index (χ2v) is 9.70. The highest BCUT2D eigenvalue weighted by molar-refractivity contribution is 5.96. The van der Waals surface area contributed by atoms with E-state index in [9.17, 15) is 19.2 Å². The quantitative estimate of drug-likeness (QED) is 0.549. The zero-order valence-electron chi connectivity index (χ0n) is 20.4. The van der Waals surface area contributed by atoms with Gasteiger partial charge in [0.1, 0.15) is 17.6 Å². The van der Waals surface area contributed by atoms with Crippen molar-refractivity contribution in [3.63, 3.8) is 0 Å². The van der Waals surface area contributed by atoms with Crippen molar-refractivity contribution >= 4 is 23.6 Å². The number of benzene rings is 1. The summed E-state index contributed by atoms with van der Waals surface area (Å²) in [6.07, 6.45) is 1.89. The van der Waals surface area contributed by atoms with Gasteiger partial charge in [-0.15, -0.1) is 0 Å². The van der Waals surface area contributed by atoms with E-state index < -0.39 is 29.4 Å². The van der Waals surface area contributed by atoms with E-state index in [1.807, 2.05) is 44.2 Å². The molecule has 1 aromatic rings. The predicted molar refractivity (Wildman–Crippen MR) is 127 cm³/mol. The van der Waals surface area contributed by atoms with Crippen molar-refractivity contribution in [2.24, 2.45) is 11.8 Å². The number of hydrogen-bond acceptors (Lipinski definition) is 4. The molecule has 1 aromatic carbocycles. The van der Waals surface area contributed by atoms with E-state index >= 15 is 0 Å². The molecule has 1 saturated heterocycles. The Hall–Kier alpha value is -2.90. The lowest BCUT2D eigenvalue weighted by Crippen LogP contribution is -2.63. The van der Waals surface area contributed by atoms with Crippen LogP contribution in [0, 0.1) is 11.8 Å². The number of rotatable bonds is 4. The third-order valence-electron chi connectivity index (χ3n) is 5.93. The van der Waals surface area contributed by atoms with Crippen LogP contribution in [0.25, 0.3) is 0 Å². The molecular weight excluding hydrogens is 420 g/mol. The molecule has 8 nitrogen and oxygen atoms in total. The molecule has 33 heavy (non-hydrogen) atoms. The van der Waals surface area contributed by atoms with Gasteiger partial charge >= 0.3 is 0 Å². The first-order valence-corrected chi connectivity index (χ1v) is 11.8. The second-order valence-electron chi connectivity index (χ2n) is 9.70. The van der Waals surface area contributed by atoms with Crippen molar-refractivity contribution in [1.29, 1.82) is 0 Å². The van der Waals surface area contributed by atoms with Crippen molar-refractivity contribution in [1.82, 2.24) is 21.3 Å². The lowest BCUT2D eigenvalue weighted by molar-refractivity contribution is -0.137. The maximum Gasteiger partial charge on any atom is 0.246 e.